The zero-order chi connectivity index (χ0) is 18.1. The Morgan fingerprint density at radius 2 is 2.08 bits per heavy atom. The number of carbonyl (C=O) groups excluding carboxylic acids is 1. The molecule has 1 aliphatic heterocycles. The average molecular weight is 376 g/mol. The van der Waals surface area contributed by atoms with E-state index in [-0.39, 0.29) is 21.6 Å². The van der Waals surface area contributed by atoms with Crippen molar-refractivity contribution in [3.63, 3.8) is 0 Å². The third-order valence-electron chi connectivity index (χ3n) is 3.96. The molecule has 1 aromatic rings. The molecule has 0 saturated carbocycles. The minimum absolute atomic E-state index is 0.00229. The first kappa shape index (κ1) is 18.8. The highest BCUT2D eigenvalue weighted by Gasteiger charge is 2.28. The van der Waals surface area contributed by atoms with Crippen molar-refractivity contribution in [3.05, 3.63) is 17.2 Å². The fraction of sp³-hybridized carbons (Fsp3) is 0.533. The number of nitrogens with zero attached hydrogens (tertiary/aromatic N) is 1. The van der Waals surface area contributed by atoms with Gasteiger partial charge in [0.05, 0.1) is 16.0 Å². The molecule has 1 saturated heterocycles. The van der Waals surface area contributed by atoms with Crippen molar-refractivity contribution in [2.45, 2.75) is 36.5 Å². The number of likely N-dealkylation sites (tertiary alicyclic amines) is 1. The number of nitrogens with one attached hydrogen (secondary N) is 2. The van der Waals surface area contributed by atoms with Crippen LogP contribution in [0.5, 0.6) is 5.75 Å². The lowest BCUT2D eigenvalue weighted by molar-refractivity contribution is 0.248. The van der Waals surface area contributed by atoms with Gasteiger partial charge in [-0.1, -0.05) is 11.6 Å². The number of rotatable bonds is 4. The molecule has 24 heavy (non-hydrogen) atoms. The van der Waals surface area contributed by atoms with E-state index < -0.39 is 26.9 Å². The van der Waals surface area contributed by atoms with E-state index in [9.17, 15) is 18.3 Å². The second kappa shape index (κ2) is 7.16. The van der Waals surface area contributed by atoms with Gasteiger partial charge in [0.2, 0.25) is 0 Å². The number of phenolic OH excluding ortho intramolecular Hbond substituents is 1. The molecule has 3 N–H and O–H groups in total. The Balaban J connectivity index is 2.21. The summed E-state index contributed by atoms with van der Waals surface area (Å²) in [4.78, 5) is 13.8. The maximum Gasteiger partial charge on any atom is 0.319 e. The molecule has 2 rings (SSSR count). The van der Waals surface area contributed by atoms with Crippen molar-refractivity contribution in [2.75, 3.05) is 25.5 Å². The maximum absolute atomic E-state index is 12.3. The Bertz CT molecular complexity index is 736. The van der Waals surface area contributed by atoms with Crippen molar-refractivity contribution < 1.29 is 18.3 Å². The lowest BCUT2D eigenvalue weighted by Gasteiger charge is -2.17. The number of benzene rings is 1. The number of sulfone groups is 1. The number of anilines is 1. The van der Waals surface area contributed by atoms with Gasteiger partial charge < -0.3 is 20.6 Å². The van der Waals surface area contributed by atoms with Gasteiger partial charge in [-0.25, -0.2) is 13.2 Å². The summed E-state index contributed by atoms with van der Waals surface area (Å²) in [6.07, 6.45) is 0.837. The van der Waals surface area contributed by atoms with Crippen molar-refractivity contribution in [1.82, 2.24) is 10.2 Å². The molecule has 1 atom stereocenters. The number of halogens is 1. The fourth-order valence-corrected chi connectivity index (χ4v) is 4.22. The van der Waals surface area contributed by atoms with Crippen LogP contribution in [-0.4, -0.2) is 55.9 Å². The van der Waals surface area contributed by atoms with E-state index in [1.807, 2.05) is 7.05 Å². The van der Waals surface area contributed by atoms with Gasteiger partial charge in [-0.05, 0) is 46.0 Å². The SMILES string of the molecule is CC(C)S(=O)(=O)c1c(Cl)ccc(NC(=O)NC2CCN(C)C2)c1O. The Morgan fingerprint density at radius 3 is 2.62 bits per heavy atom. The first-order valence-corrected chi connectivity index (χ1v) is 9.56. The standard InChI is InChI=1S/C15H22ClN3O4S/c1-9(2)24(22,23)14-11(16)4-5-12(13(14)20)18-15(21)17-10-6-7-19(3)8-10/h4-5,9-10,20H,6-8H2,1-3H3,(H2,17,18,21). The summed E-state index contributed by atoms with van der Waals surface area (Å²) in [5, 5.41) is 14.7. The van der Waals surface area contributed by atoms with Crippen molar-refractivity contribution in [3.8, 4) is 5.75 Å². The number of hydrogen-bond donors (Lipinski definition) is 3. The van der Waals surface area contributed by atoms with E-state index in [0.29, 0.717) is 0 Å². The fourth-order valence-electron chi connectivity index (χ4n) is 2.55. The van der Waals surface area contributed by atoms with Gasteiger partial charge in [0.25, 0.3) is 0 Å². The molecule has 0 bridgehead atoms. The van der Waals surface area contributed by atoms with E-state index in [4.69, 9.17) is 11.6 Å². The Kier molecular flexibility index (Phi) is 5.62. The van der Waals surface area contributed by atoms with Gasteiger partial charge in [-0.2, -0.15) is 0 Å². The van der Waals surface area contributed by atoms with Crippen LogP contribution in [0.2, 0.25) is 5.02 Å². The van der Waals surface area contributed by atoms with Crippen LogP contribution in [0.1, 0.15) is 20.3 Å². The highest BCUT2D eigenvalue weighted by molar-refractivity contribution is 7.92. The van der Waals surface area contributed by atoms with Gasteiger partial charge in [0, 0.05) is 12.6 Å². The molecule has 0 aliphatic carbocycles. The molecule has 1 heterocycles. The van der Waals surface area contributed by atoms with Crippen molar-refractivity contribution in [2.24, 2.45) is 0 Å². The van der Waals surface area contributed by atoms with Crippen LogP contribution in [-0.2, 0) is 9.84 Å². The molecule has 9 heteroatoms. The molecule has 1 aromatic carbocycles. The zero-order valence-electron chi connectivity index (χ0n) is 13.8. The number of hydrogen-bond acceptors (Lipinski definition) is 5. The maximum atomic E-state index is 12.3. The van der Waals surface area contributed by atoms with Gasteiger partial charge in [0.15, 0.2) is 15.6 Å². The summed E-state index contributed by atoms with van der Waals surface area (Å²) in [5.41, 5.74) is 0.00229. The van der Waals surface area contributed by atoms with E-state index >= 15 is 0 Å². The van der Waals surface area contributed by atoms with Crippen LogP contribution >= 0.6 is 11.6 Å². The summed E-state index contributed by atoms with van der Waals surface area (Å²) in [6.45, 7) is 4.63. The van der Waals surface area contributed by atoms with Gasteiger partial charge >= 0.3 is 6.03 Å². The summed E-state index contributed by atoms with van der Waals surface area (Å²) in [6, 6.07) is 2.23. The van der Waals surface area contributed by atoms with Crippen LogP contribution < -0.4 is 10.6 Å². The van der Waals surface area contributed by atoms with Crippen LogP contribution in [0.25, 0.3) is 0 Å². The number of phenols is 1. The summed E-state index contributed by atoms with van der Waals surface area (Å²) in [5.74, 6) is -0.546. The Morgan fingerprint density at radius 1 is 1.42 bits per heavy atom. The van der Waals surface area contributed by atoms with E-state index in [1.54, 1.807) is 0 Å². The highest BCUT2D eigenvalue weighted by Crippen LogP contribution is 2.38. The Hall–Kier alpha value is -1.51. The minimum Gasteiger partial charge on any atom is -0.504 e. The molecular formula is C15H22ClN3O4S. The van der Waals surface area contributed by atoms with Crippen LogP contribution in [0.15, 0.2) is 17.0 Å². The van der Waals surface area contributed by atoms with Crippen LogP contribution in [0.4, 0.5) is 10.5 Å². The molecule has 7 nitrogen and oxygen atoms in total. The monoisotopic (exact) mass is 375 g/mol. The lowest BCUT2D eigenvalue weighted by Crippen LogP contribution is -2.39. The summed E-state index contributed by atoms with van der Waals surface area (Å²) >= 11 is 5.95. The molecular weight excluding hydrogens is 354 g/mol. The predicted molar refractivity (Wildman–Crippen MR) is 93.5 cm³/mol. The molecule has 1 aliphatic rings. The number of amides is 2. The molecule has 0 radical (unpaired) electrons. The number of urea groups is 1. The normalized spacial score (nSPS) is 18.8. The number of aromatic hydroxyl groups is 1. The lowest BCUT2D eigenvalue weighted by atomic mass is 10.2. The first-order chi connectivity index (χ1) is 11.1. The molecule has 134 valence electrons. The van der Waals surface area contributed by atoms with E-state index in [2.05, 4.69) is 15.5 Å². The van der Waals surface area contributed by atoms with Gasteiger partial charge in [-0.15, -0.1) is 0 Å². The molecule has 1 fully saturated rings. The number of likely N-dealkylation sites (N-methyl/N-ethyl adjacent to an activating group) is 1. The molecule has 0 spiro atoms. The van der Waals surface area contributed by atoms with Crippen LogP contribution in [0, 0.1) is 0 Å². The smallest absolute Gasteiger partial charge is 0.319 e. The molecule has 0 aromatic heterocycles. The predicted octanol–water partition coefficient (Wildman–Crippen LogP) is 2.05. The molecule has 1 unspecified atom stereocenters. The quantitative estimate of drug-likeness (QED) is 0.699. The highest BCUT2D eigenvalue weighted by atomic mass is 35.5. The average Bonchev–Trinajstić information content (AvgIpc) is 2.87. The van der Waals surface area contributed by atoms with Crippen molar-refractivity contribution in [1.29, 1.82) is 0 Å². The minimum atomic E-state index is -3.79. The topological polar surface area (TPSA) is 98.7 Å². The molecule has 2 amide bonds. The zero-order valence-corrected chi connectivity index (χ0v) is 15.4. The van der Waals surface area contributed by atoms with E-state index in [1.165, 1.54) is 26.0 Å². The third kappa shape index (κ3) is 3.93. The summed E-state index contributed by atoms with van der Waals surface area (Å²) in [7, 11) is -1.82. The van der Waals surface area contributed by atoms with E-state index in [0.717, 1.165) is 19.5 Å². The van der Waals surface area contributed by atoms with Crippen LogP contribution in [0.3, 0.4) is 0 Å². The number of carbonyl (C=O) groups is 1. The Labute approximate surface area is 146 Å². The third-order valence-corrected chi connectivity index (χ3v) is 6.61. The van der Waals surface area contributed by atoms with Gasteiger partial charge in [-0.3, -0.25) is 0 Å². The largest absolute Gasteiger partial charge is 0.504 e. The summed E-state index contributed by atoms with van der Waals surface area (Å²) < 4.78 is 24.7. The first-order valence-electron chi connectivity index (χ1n) is 7.64. The second-order valence-corrected chi connectivity index (χ2v) is 9.06. The van der Waals surface area contributed by atoms with Gasteiger partial charge in [0.1, 0.15) is 4.90 Å². The van der Waals surface area contributed by atoms with Crippen molar-refractivity contribution >= 4 is 33.2 Å². The second-order valence-electron chi connectivity index (χ2n) is 6.21.